The highest BCUT2D eigenvalue weighted by atomic mass is 32.1. The molecule has 2 heterocycles. The number of carbonyl (C=O) groups excluding carboxylic acids is 1. The Hall–Kier alpha value is -3.19. The number of fused-ring (bicyclic) bond motifs is 1. The number of amides is 1. The van der Waals surface area contributed by atoms with Crippen molar-refractivity contribution in [2.24, 2.45) is 0 Å². The quantitative estimate of drug-likeness (QED) is 0.427. The second kappa shape index (κ2) is 7.67. The molecule has 0 aliphatic heterocycles. The Morgan fingerprint density at radius 1 is 1.10 bits per heavy atom. The molecule has 148 valence electrons. The molecule has 2 aromatic heterocycles. The molecule has 7 heteroatoms. The van der Waals surface area contributed by atoms with Crippen molar-refractivity contribution in [2.45, 2.75) is 32.7 Å². The monoisotopic (exact) mass is 405 g/mol. The van der Waals surface area contributed by atoms with E-state index in [1.807, 2.05) is 48.5 Å². The predicted octanol–water partition coefficient (Wildman–Crippen LogP) is 5.18. The van der Waals surface area contributed by atoms with E-state index in [2.05, 4.69) is 46.6 Å². The largest absolute Gasteiger partial charge is 0.362 e. The first-order valence-corrected chi connectivity index (χ1v) is 10.3. The predicted molar refractivity (Wildman–Crippen MR) is 119 cm³/mol. The van der Waals surface area contributed by atoms with E-state index in [-0.39, 0.29) is 11.3 Å². The Balaban J connectivity index is 1.45. The van der Waals surface area contributed by atoms with Crippen LogP contribution in [0.25, 0.3) is 10.2 Å². The van der Waals surface area contributed by atoms with E-state index in [4.69, 9.17) is 0 Å². The van der Waals surface area contributed by atoms with Crippen LogP contribution in [0.3, 0.4) is 0 Å². The van der Waals surface area contributed by atoms with E-state index in [0.717, 1.165) is 26.7 Å². The van der Waals surface area contributed by atoms with E-state index in [1.54, 1.807) is 17.5 Å². The molecule has 0 aliphatic carbocycles. The first kappa shape index (κ1) is 19.1. The van der Waals surface area contributed by atoms with Crippen LogP contribution in [0.15, 0.2) is 54.7 Å². The van der Waals surface area contributed by atoms with Crippen LogP contribution in [-0.4, -0.2) is 21.1 Å². The van der Waals surface area contributed by atoms with Crippen molar-refractivity contribution in [3.05, 3.63) is 70.9 Å². The highest BCUT2D eigenvalue weighted by Crippen LogP contribution is 2.26. The molecule has 2 aromatic carbocycles. The molecule has 0 aliphatic rings. The SMILES string of the molecule is CC(C)(C)c1ccc(C(=O)Nc2ccc3sc(CNc4cc[nH]n4)nc3c2)cc1. The topological polar surface area (TPSA) is 82.7 Å². The molecule has 0 radical (unpaired) electrons. The lowest BCUT2D eigenvalue weighted by Crippen LogP contribution is -2.14. The van der Waals surface area contributed by atoms with Crippen LogP contribution < -0.4 is 10.6 Å². The van der Waals surface area contributed by atoms with Crippen molar-refractivity contribution in [1.29, 1.82) is 0 Å². The van der Waals surface area contributed by atoms with Gasteiger partial charge in [0.2, 0.25) is 0 Å². The lowest BCUT2D eigenvalue weighted by Gasteiger charge is -2.19. The van der Waals surface area contributed by atoms with Gasteiger partial charge in [-0.1, -0.05) is 32.9 Å². The maximum absolute atomic E-state index is 12.6. The first-order chi connectivity index (χ1) is 13.9. The number of nitrogens with one attached hydrogen (secondary N) is 3. The third kappa shape index (κ3) is 4.46. The second-order valence-corrected chi connectivity index (χ2v) is 9.00. The summed E-state index contributed by atoms with van der Waals surface area (Å²) in [6.45, 7) is 7.07. The number of aromatic nitrogens is 3. The van der Waals surface area contributed by atoms with Gasteiger partial charge in [0, 0.05) is 17.4 Å². The van der Waals surface area contributed by atoms with Crippen LogP contribution >= 0.6 is 11.3 Å². The maximum atomic E-state index is 12.6. The molecular formula is C22H23N5OS. The highest BCUT2D eigenvalue weighted by molar-refractivity contribution is 7.18. The van der Waals surface area contributed by atoms with Crippen LogP contribution in [0.1, 0.15) is 41.7 Å². The zero-order chi connectivity index (χ0) is 20.4. The van der Waals surface area contributed by atoms with Gasteiger partial charge in [0.15, 0.2) is 0 Å². The van der Waals surface area contributed by atoms with Crippen molar-refractivity contribution in [2.75, 3.05) is 10.6 Å². The fraction of sp³-hybridized carbons (Fsp3) is 0.227. The summed E-state index contributed by atoms with van der Waals surface area (Å²) in [6, 6.07) is 15.4. The number of H-pyrrole nitrogens is 1. The van der Waals surface area contributed by atoms with Crippen molar-refractivity contribution >= 4 is 39.0 Å². The number of benzene rings is 2. The van der Waals surface area contributed by atoms with Crippen molar-refractivity contribution in [3.63, 3.8) is 0 Å². The standard InChI is InChI=1S/C22H23N5OS/c1-22(2,3)15-6-4-14(5-7-15)21(28)25-16-8-9-18-17(12-16)26-20(29-18)13-23-19-10-11-24-27-19/h4-12H,13H2,1-3H3,(H,25,28)(H2,23,24,27). The molecule has 0 spiro atoms. The molecular weight excluding hydrogens is 382 g/mol. The van der Waals surface area contributed by atoms with Crippen molar-refractivity contribution in [1.82, 2.24) is 15.2 Å². The molecule has 0 saturated heterocycles. The molecule has 6 nitrogen and oxygen atoms in total. The molecule has 3 N–H and O–H groups in total. The third-order valence-electron chi connectivity index (χ3n) is 4.62. The minimum atomic E-state index is -0.125. The number of nitrogens with zero attached hydrogens (tertiary/aromatic N) is 2. The fourth-order valence-electron chi connectivity index (χ4n) is 2.98. The lowest BCUT2D eigenvalue weighted by atomic mass is 9.87. The van der Waals surface area contributed by atoms with Gasteiger partial charge in [-0.15, -0.1) is 11.3 Å². The highest BCUT2D eigenvalue weighted by Gasteiger charge is 2.14. The Morgan fingerprint density at radius 2 is 1.90 bits per heavy atom. The van der Waals surface area contributed by atoms with Gasteiger partial charge in [-0.3, -0.25) is 9.89 Å². The summed E-state index contributed by atoms with van der Waals surface area (Å²) in [5, 5.41) is 14.0. The number of anilines is 2. The number of aromatic amines is 1. The Bertz CT molecular complexity index is 1120. The minimum Gasteiger partial charge on any atom is -0.362 e. The summed E-state index contributed by atoms with van der Waals surface area (Å²) in [7, 11) is 0. The number of rotatable bonds is 5. The molecule has 0 saturated carbocycles. The molecule has 1 amide bonds. The normalized spacial score (nSPS) is 11.6. The molecule has 29 heavy (non-hydrogen) atoms. The number of thiazole rings is 1. The average Bonchev–Trinajstić information content (AvgIpc) is 3.34. The minimum absolute atomic E-state index is 0.0639. The van der Waals surface area contributed by atoms with Gasteiger partial charge in [-0.05, 0) is 47.4 Å². The van der Waals surface area contributed by atoms with E-state index in [1.165, 1.54) is 5.56 Å². The summed E-state index contributed by atoms with van der Waals surface area (Å²) in [5.74, 6) is 0.662. The van der Waals surface area contributed by atoms with E-state index in [0.29, 0.717) is 12.1 Å². The zero-order valence-corrected chi connectivity index (χ0v) is 17.4. The summed E-state index contributed by atoms with van der Waals surface area (Å²) in [5.41, 5.74) is 3.51. The first-order valence-electron chi connectivity index (χ1n) is 9.43. The number of hydrogen-bond acceptors (Lipinski definition) is 5. The van der Waals surface area contributed by atoms with Gasteiger partial charge in [0.1, 0.15) is 10.8 Å². The van der Waals surface area contributed by atoms with Gasteiger partial charge >= 0.3 is 0 Å². The molecule has 4 rings (SSSR count). The van der Waals surface area contributed by atoms with Gasteiger partial charge in [-0.2, -0.15) is 5.10 Å². The van der Waals surface area contributed by atoms with Gasteiger partial charge in [0.25, 0.3) is 5.91 Å². The van der Waals surface area contributed by atoms with E-state index in [9.17, 15) is 4.79 Å². The smallest absolute Gasteiger partial charge is 0.255 e. The van der Waals surface area contributed by atoms with Crippen LogP contribution in [0, 0.1) is 0 Å². The fourth-order valence-corrected chi connectivity index (χ4v) is 3.87. The summed E-state index contributed by atoms with van der Waals surface area (Å²) >= 11 is 1.62. The Kier molecular flexibility index (Phi) is 5.07. The summed E-state index contributed by atoms with van der Waals surface area (Å²) in [4.78, 5) is 17.3. The maximum Gasteiger partial charge on any atom is 0.255 e. The van der Waals surface area contributed by atoms with Gasteiger partial charge in [-0.25, -0.2) is 4.98 Å². The lowest BCUT2D eigenvalue weighted by molar-refractivity contribution is 0.102. The summed E-state index contributed by atoms with van der Waals surface area (Å²) in [6.07, 6.45) is 1.77. The number of carbonyl (C=O) groups is 1. The molecule has 0 unspecified atom stereocenters. The van der Waals surface area contributed by atoms with Crippen LogP contribution in [0.4, 0.5) is 11.5 Å². The van der Waals surface area contributed by atoms with Crippen molar-refractivity contribution < 1.29 is 4.79 Å². The second-order valence-electron chi connectivity index (χ2n) is 7.88. The van der Waals surface area contributed by atoms with Crippen LogP contribution in [-0.2, 0) is 12.0 Å². The molecule has 0 atom stereocenters. The number of hydrogen-bond donors (Lipinski definition) is 3. The molecule has 4 aromatic rings. The third-order valence-corrected chi connectivity index (χ3v) is 5.66. The van der Waals surface area contributed by atoms with E-state index < -0.39 is 0 Å². The van der Waals surface area contributed by atoms with Crippen molar-refractivity contribution in [3.8, 4) is 0 Å². The van der Waals surface area contributed by atoms with Crippen LogP contribution in [0.5, 0.6) is 0 Å². The Labute approximate surface area is 173 Å². The average molecular weight is 406 g/mol. The summed E-state index contributed by atoms with van der Waals surface area (Å²) < 4.78 is 1.08. The van der Waals surface area contributed by atoms with Gasteiger partial charge in [0.05, 0.1) is 16.8 Å². The molecule has 0 bridgehead atoms. The van der Waals surface area contributed by atoms with Crippen LogP contribution in [0.2, 0.25) is 0 Å². The Morgan fingerprint density at radius 3 is 2.59 bits per heavy atom. The zero-order valence-electron chi connectivity index (χ0n) is 16.6. The molecule has 0 fully saturated rings. The van der Waals surface area contributed by atoms with E-state index >= 15 is 0 Å². The van der Waals surface area contributed by atoms with Gasteiger partial charge < -0.3 is 10.6 Å².